The quantitative estimate of drug-likeness (QED) is 0.588. The predicted octanol–water partition coefficient (Wildman–Crippen LogP) is 3.76. The van der Waals surface area contributed by atoms with E-state index >= 15 is 0 Å². The van der Waals surface area contributed by atoms with Gasteiger partial charge in [-0.05, 0) is 29.7 Å². The highest BCUT2D eigenvalue weighted by atomic mass is 16.3. The summed E-state index contributed by atoms with van der Waals surface area (Å²) in [5, 5.41) is 4.85. The number of nitrogens with zero attached hydrogens (tertiary/aromatic N) is 1. The number of furan rings is 1. The van der Waals surface area contributed by atoms with Crippen LogP contribution in [0.1, 0.15) is 28.6 Å². The fourth-order valence-electron chi connectivity index (χ4n) is 2.15. The number of amides is 1. The van der Waals surface area contributed by atoms with Crippen LogP contribution in [0.25, 0.3) is 11.0 Å². The highest BCUT2D eigenvalue weighted by Crippen LogP contribution is 2.18. The maximum Gasteiger partial charge on any atom is 0.307 e. The van der Waals surface area contributed by atoms with Crippen LogP contribution in [0.3, 0.4) is 0 Å². The zero-order chi connectivity index (χ0) is 15.4. The molecular formula is C18H16N2O2. The molecule has 0 aliphatic heterocycles. The zero-order valence-electron chi connectivity index (χ0n) is 12.2. The Morgan fingerprint density at radius 3 is 2.68 bits per heavy atom. The second-order valence-electron chi connectivity index (χ2n) is 4.94. The molecule has 2 aromatic carbocycles. The Bertz CT molecular complexity index is 783. The van der Waals surface area contributed by atoms with Gasteiger partial charge < -0.3 is 4.42 Å². The fourth-order valence-corrected chi connectivity index (χ4v) is 2.15. The fraction of sp³-hybridized carbons (Fsp3) is 0.111. The predicted molar refractivity (Wildman–Crippen MR) is 87.1 cm³/mol. The molecular weight excluding hydrogens is 276 g/mol. The minimum absolute atomic E-state index is 0.250. The average Bonchev–Trinajstić information content (AvgIpc) is 2.99. The summed E-state index contributed by atoms with van der Waals surface area (Å²) in [6.45, 7) is 2.11. The van der Waals surface area contributed by atoms with Crippen LogP contribution >= 0.6 is 0 Å². The number of hydrogen-bond acceptors (Lipinski definition) is 3. The highest BCUT2D eigenvalue weighted by Gasteiger charge is 2.10. The SMILES string of the molecule is CCc1ccc(/C=N/NC(=O)c2cc3ccccc3o2)cc1. The summed E-state index contributed by atoms with van der Waals surface area (Å²) >= 11 is 0. The standard InChI is InChI=1S/C18H16N2O2/c1-2-13-7-9-14(10-8-13)12-19-20-18(21)17-11-15-5-3-4-6-16(15)22-17/h3-12H,2H2,1H3,(H,20,21)/b19-12+. The van der Waals surface area contributed by atoms with E-state index in [1.165, 1.54) is 5.56 Å². The van der Waals surface area contributed by atoms with E-state index in [0.717, 1.165) is 17.4 Å². The van der Waals surface area contributed by atoms with Gasteiger partial charge in [0, 0.05) is 5.39 Å². The van der Waals surface area contributed by atoms with Crippen LogP contribution in [0, 0.1) is 0 Å². The van der Waals surface area contributed by atoms with Crippen molar-refractivity contribution in [3.05, 3.63) is 71.5 Å². The van der Waals surface area contributed by atoms with Crippen LogP contribution in [0.2, 0.25) is 0 Å². The van der Waals surface area contributed by atoms with Crippen LogP contribution < -0.4 is 5.43 Å². The molecule has 1 heterocycles. The Morgan fingerprint density at radius 1 is 1.18 bits per heavy atom. The third-order valence-corrected chi connectivity index (χ3v) is 3.42. The summed E-state index contributed by atoms with van der Waals surface area (Å²) in [6, 6.07) is 17.2. The third-order valence-electron chi connectivity index (χ3n) is 3.42. The lowest BCUT2D eigenvalue weighted by Gasteiger charge is -1.97. The Labute approximate surface area is 128 Å². The molecule has 0 saturated carbocycles. The van der Waals surface area contributed by atoms with Gasteiger partial charge in [-0.25, -0.2) is 5.43 Å². The Kier molecular flexibility index (Phi) is 4.01. The molecule has 3 rings (SSSR count). The molecule has 0 unspecified atom stereocenters. The van der Waals surface area contributed by atoms with E-state index in [-0.39, 0.29) is 11.7 Å². The van der Waals surface area contributed by atoms with Gasteiger partial charge >= 0.3 is 5.91 Å². The van der Waals surface area contributed by atoms with Gasteiger partial charge in [-0.3, -0.25) is 4.79 Å². The molecule has 1 aromatic heterocycles. The number of carbonyl (C=O) groups excluding carboxylic acids is 1. The van der Waals surface area contributed by atoms with Gasteiger partial charge in [0.05, 0.1) is 6.21 Å². The molecule has 0 aliphatic carbocycles. The molecule has 0 fully saturated rings. The number of aryl methyl sites for hydroxylation is 1. The molecule has 0 spiro atoms. The molecule has 1 amide bonds. The molecule has 3 aromatic rings. The monoisotopic (exact) mass is 292 g/mol. The van der Waals surface area contributed by atoms with Gasteiger partial charge in [-0.1, -0.05) is 49.4 Å². The number of para-hydroxylation sites is 1. The van der Waals surface area contributed by atoms with E-state index in [0.29, 0.717) is 5.58 Å². The number of fused-ring (bicyclic) bond motifs is 1. The van der Waals surface area contributed by atoms with Gasteiger partial charge in [-0.15, -0.1) is 0 Å². The molecule has 4 heteroatoms. The number of carbonyl (C=O) groups is 1. The molecule has 4 nitrogen and oxygen atoms in total. The lowest BCUT2D eigenvalue weighted by atomic mass is 10.1. The number of hydrazone groups is 1. The number of hydrogen-bond donors (Lipinski definition) is 1. The minimum Gasteiger partial charge on any atom is -0.451 e. The largest absolute Gasteiger partial charge is 0.451 e. The van der Waals surface area contributed by atoms with Crippen LogP contribution in [-0.2, 0) is 6.42 Å². The summed E-state index contributed by atoms with van der Waals surface area (Å²) < 4.78 is 5.48. The van der Waals surface area contributed by atoms with E-state index in [4.69, 9.17) is 4.42 Å². The van der Waals surface area contributed by atoms with E-state index in [1.807, 2.05) is 48.5 Å². The normalized spacial score (nSPS) is 11.1. The molecule has 1 N–H and O–H groups in total. The molecule has 0 bridgehead atoms. The van der Waals surface area contributed by atoms with Gasteiger partial charge in [0.15, 0.2) is 5.76 Å². The molecule has 0 aliphatic rings. The van der Waals surface area contributed by atoms with E-state index < -0.39 is 0 Å². The summed E-state index contributed by atoms with van der Waals surface area (Å²) in [5.74, 6) is -0.114. The number of rotatable bonds is 4. The summed E-state index contributed by atoms with van der Waals surface area (Å²) in [6.07, 6.45) is 2.61. The summed E-state index contributed by atoms with van der Waals surface area (Å²) in [7, 11) is 0. The van der Waals surface area contributed by atoms with Crippen LogP contribution in [-0.4, -0.2) is 12.1 Å². The highest BCUT2D eigenvalue weighted by molar-refractivity contribution is 5.96. The van der Waals surface area contributed by atoms with Gasteiger partial charge in [0.1, 0.15) is 5.58 Å². The van der Waals surface area contributed by atoms with Gasteiger partial charge in [-0.2, -0.15) is 5.10 Å². The maximum absolute atomic E-state index is 12.0. The lowest BCUT2D eigenvalue weighted by molar-refractivity contribution is 0.0929. The smallest absolute Gasteiger partial charge is 0.307 e. The second kappa shape index (κ2) is 6.26. The van der Waals surface area contributed by atoms with Crippen LogP contribution in [0.15, 0.2) is 64.1 Å². The molecule has 0 atom stereocenters. The summed E-state index contributed by atoms with van der Waals surface area (Å²) in [5.41, 5.74) is 5.36. The van der Waals surface area contributed by atoms with Crippen molar-refractivity contribution in [3.8, 4) is 0 Å². The third kappa shape index (κ3) is 3.06. The van der Waals surface area contributed by atoms with Crippen molar-refractivity contribution in [3.63, 3.8) is 0 Å². The Hall–Kier alpha value is -2.88. The first kappa shape index (κ1) is 14.1. The van der Waals surface area contributed by atoms with E-state index in [1.54, 1.807) is 12.3 Å². The maximum atomic E-state index is 12.0. The van der Waals surface area contributed by atoms with Crippen LogP contribution in [0.5, 0.6) is 0 Å². The minimum atomic E-state index is -0.363. The van der Waals surface area contributed by atoms with Crippen molar-refractivity contribution in [1.29, 1.82) is 0 Å². The first-order valence-corrected chi connectivity index (χ1v) is 7.17. The van der Waals surface area contributed by atoms with Crippen molar-refractivity contribution in [2.45, 2.75) is 13.3 Å². The topological polar surface area (TPSA) is 54.6 Å². The van der Waals surface area contributed by atoms with Crippen molar-refractivity contribution in [2.75, 3.05) is 0 Å². The van der Waals surface area contributed by atoms with E-state index in [2.05, 4.69) is 17.5 Å². The van der Waals surface area contributed by atoms with Crippen molar-refractivity contribution in [1.82, 2.24) is 5.43 Å². The lowest BCUT2D eigenvalue weighted by Crippen LogP contribution is -2.16. The molecule has 0 saturated heterocycles. The van der Waals surface area contributed by atoms with E-state index in [9.17, 15) is 4.79 Å². The summed E-state index contributed by atoms with van der Waals surface area (Å²) in [4.78, 5) is 12.0. The van der Waals surface area contributed by atoms with Crippen molar-refractivity contribution in [2.24, 2.45) is 5.10 Å². The molecule has 110 valence electrons. The Morgan fingerprint density at radius 2 is 1.95 bits per heavy atom. The van der Waals surface area contributed by atoms with Crippen molar-refractivity contribution >= 4 is 23.1 Å². The Balaban J connectivity index is 1.67. The average molecular weight is 292 g/mol. The van der Waals surface area contributed by atoms with Crippen LogP contribution in [0.4, 0.5) is 0 Å². The van der Waals surface area contributed by atoms with Crippen molar-refractivity contribution < 1.29 is 9.21 Å². The van der Waals surface area contributed by atoms with Gasteiger partial charge in [0.25, 0.3) is 0 Å². The molecule has 0 radical (unpaired) electrons. The second-order valence-corrected chi connectivity index (χ2v) is 4.94. The molecule has 22 heavy (non-hydrogen) atoms. The number of nitrogens with one attached hydrogen (secondary N) is 1. The van der Waals surface area contributed by atoms with Gasteiger partial charge in [0.2, 0.25) is 0 Å². The number of benzene rings is 2. The first-order chi connectivity index (χ1) is 10.8. The first-order valence-electron chi connectivity index (χ1n) is 7.17. The zero-order valence-corrected chi connectivity index (χ0v) is 12.2.